The lowest BCUT2D eigenvalue weighted by Crippen LogP contribution is -2.45. The van der Waals surface area contributed by atoms with Crippen LogP contribution in [-0.4, -0.2) is 55.7 Å². The van der Waals surface area contributed by atoms with Crippen LogP contribution in [0.4, 0.5) is 0 Å². The molecule has 1 aliphatic heterocycles. The molecule has 1 N–H and O–H groups in total. The minimum atomic E-state index is 0.809. The van der Waals surface area contributed by atoms with E-state index >= 15 is 0 Å². The molecule has 1 heterocycles. The summed E-state index contributed by atoms with van der Waals surface area (Å²) in [5.41, 5.74) is 0. The standard InChI is InChI=1S/C7H16N3P/c1-9-4-5-10(2)7(6-9)8-11-3/h11H,4-6H2,1-3H3/p+1. The van der Waals surface area contributed by atoms with Crippen molar-refractivity contribution in [3.05, 3.63) is 0 Å². The Labute approximate surface area is 70.3 Å². The highest BCUT2D eigenvalue weighted by Gasteiger charge is 2.17. The summed E-state index contributed by atoms with van der Waals surface area (Å²) in [6, 6.07) is 0. The van der Waals surface area contributed by atoms with Crippen molar-refractivity contribution in [3.63, 3.8) is 0 Å². The van der Waals surface area contributed by atoms with Crippen molar-refractivity contribution >= 4 is 14.6 Å². The molecule has 0 spiro atoms. The summed E-state index contributed by atoms with van der Waals surface area (Å²) in [6.07, 6.45) is 0. The van der Waals surface area contributed by atoms with E-state index in [0.29, 0.717) is 0 Å². The molecule has 0 amide bonds. The van der Waals surface area contributed by atoms with E-state index in [9.17, 15) is 0 Å². The van der Waals surface area contributed by atoms with Crippen LogP contribution in [0.1, 0.15) is 0 Å². The monoisotopic (exact) mass is 174 g/mol. The first-order valence-corrected chi connectivity index (χ1v) is 5.42. The third-order valence-corrected chi connectivity index (χ3v) is 2.51. The molecule has 1 unspecified atom stereocenters. The molecule has 0 radical (unpaired) electrons. The second-order valence-electron chi connectivity index (χ2n) is 2.98. The lowest BCUT2D eigenvalue weighted by atomic mass is 10.4. The summed E-state index contributed by atoms with van der Waals surface area (Å²) in [6.45, 7) is 5.55. The van der Waals surface area contributed by atoms with Crippen LogP contribution in [0.25, 0.3) is 0 Å². The maximum absolute atomic E-state index is 3.39. The van der Waals surface area contributed by atoms with Crippen LogP contribution in [0.15, 0.2) is 0 Å². The Hall–Kier alpha value is -0.140. The van der Waals surface area contributed by atoms with Crippen LogP contribution in [0.3, 0.4) is 0 Å². The van der Waals surface area contributed by atoms with E-state index < -0.39 is 0 Å². The average molecular weight is 174 g/mol. The molecule has 0 bridgehead atoms. The van der Waals surface area contributed by atoms with Gasteiger partial charge in [0.15, 0.2) is 0 Å². The molecule has 0 aromatic carbocycles. The van der Waals surface area contributed by atoms with Gasteiger partial charge in [0.25, 0.3) is 5.84 Å². The maximum Gasteiger partial charge on any atom is 0.260 e. The molecule has 3 nitrogen and oxygen atoms in total. The van der Waals surface area contributed by atoms with Gasteiger partial charge in [0.2, 0.25) is 0 Å². The zero-order valence-corrected chi connectivity index (χ0v) is 8.52. The number of likely N-dealkylation sites (N-methyl/N-ethyl adjacent to an activating group) is 2. The van der Waals surface area contributed by atoms with E-state index in [-0.39, 0.29) is 0 Å². The number of hydrogen-bond acceptors (Lipinski definition) is 2. The minimum absolute atomic E-state index is 0.809. The van der Waals surface area contributed by atoms with Crippen molar-refractivity contribution < 1.29 is 4.58 Å². The Balaban J connectivity index is 2.56. The third-order valence-electron chi connectivity index (χ3n) is 1.97. The SMILES string of the molecule is CPNC1=[N+](C)CCN(C)C1. The Morgan fingerprint density at radius 3 is 3.00 bits per heavy atom. The number of nitrogens with one attached hydrogen (secondary N) is 1. The van der Waals surface area contributed by atoms with Crippen molar-refractivity contribution in [2.24, 2.45) is 0 Å². The summed E-state index contributed by atoms with van der Waals surface area (Å²) < 4.78 is 2.30. The highest BCUT2D eigenvalue weighted by molar-refractivity contribution is 7.35. The first kappa shape index (κ1) is 8.95. The largest absolute Gasteiger partial charge is 0.291 e. The molecule has 0 fully saturated rings. The van der Waals surface area contributed by atoms with Gasteiger partial charge in [-0.15, -0.1) is 0 Å². The fraction of sp³-hybridized carbons (Fsp3) is 0.857. The Morgan fingerprint density at radius 2 is 2.36 bits per heavy atom. The first-order chi connectivity index (χ1) is 5.24. The lowest BCUT2D eigenvalue weighted by molar-refractivity contribution is -0.505. The van der Waals surface area contributed by atoms with Crippen LogP contribution in [0.2, 0.25) is 0 Å². The molecular weight excluding hydrogens is 157 g/mol. The van der Waals surface area contributed by atoms with E-state index in [0.717, 1.165) is 21.8 Å². The second kappa shape index (κ2) is 4.03. The normalized spacial score (nSPS) is 21.7. The molecule has 0 saturated carbocycles. The molecular formula is C7H17N3P+. The molecule has 0 aromatic heterocycles. The molecule has 1 atom stereocenters. The van der Waals surface area contributed by atoms with Gasteiger partial charge in [-0.2, -0.15) is 0 Å². The van der Waals surface area contributed by atoms with E-state index in [1.165, 1.54) is 12.4 Å². The van der Waals surface area contributed by atoms with Crippen molar-refractivity contribution in [2.45, 2.75) is 0 Å². The van der Waals surface area contributed by atoms with Gasteiger partial charge in [-0.05, 0) is 13.7 Å². The Morgan fingerprint density at radius 1 is 1.64 bits per heavy atom. The van der Waals surface area contributed by atoms with Crippen molar-refractivity contribution in [3.8, 4) is 0 Å². The molecule has 11 heavy (non-hydrogen) atoms. The maximum atomic E-state index is 3.39. The quantitative estimate of drug-likeness (QED) is 0.438. The number of nitrogens with zero attached hydrogens (tertiary/aromatic N) is 2. The summed E-state index contributed by atoms with van der Waals surface area (Å²) in [4.78, 5) is 2.34. The predicted octanol–water partition coefficient (Wildman–Crippen LogP) is -0.214. The molecule has 4 heteroatoms. The van der Waals surface area contributed by atoms with Crippen LogP contribution < -0.4 is 5.09 Å². The molecule has 64 valence electrons. The fourth-order valence-corrected chi connectivity index (χ4v) is 1.75. The highest BCUT2D eigenvalue weighted by atomic mass is 31.1. The molecule has 0 saturated heterocycles. The Kier molecular flexibility index (Phi) is 3.28. The first-order valence-electron chi connectivity index (χ1n) is 3.92. The summed E-state index contributed by atoms with van der Waals surface area (Å²) in [5, 5.41) is 3.39. The molecule has 0 aliphatic carbocycles. The van der Waals surface area contributed by atoms with Gasteiger partial charge in [-0.25, -0.2) is 0 Å². The summed E-state index contributed by atoms with van der Waals surface area (Å²) >= 11 is 0. The van der Waals surface area contributed by atoms with E-state index in [1.807, 2.05) is 0 Å². The topological polar surface area (TPSA) is 18.3 Å². The number of rotatable bonds is 1. The lowest BCUT2D eigenvalue weighted by Gasteiger charge is -2.22. The average Bonchev–Trinajstić information content (AvgIpc) is 1.98. The zero-order valence-electron chi connectivity index (χ0n) is 7.52. The van der Waals surface area contributed by atoms with Crippen molar-refractivity contribution in [2.75, 3.05) is 40.4 Å². The zero-order chi connectivity index (χ0) is 8.27. The third kappa shape index (κ3) is 2.42. The predicted molar refractivity (Wildman–Crippen MR) is 50.9 cm³/mol. The minimum Gasteiger partial charge on any atom is -0.291 e. The van der Waals surface area contributed by atoms with Gasteiger partial charge < -0.3 is 0 Å². The molecule has 1 aliphatic rings. The second-order valence-corrected chi connectivity index (χ2v) is 3.73. The van der Waals surface area contributed by atoms with Gasteiger partial charge in [0, 0.05) is 6.54 Å². The molecule has 1 rings (SSSR count). The van der Waals surface area contributed by atoms with Crippen LogP contribution in [-0.2, 0) is 0 Å². The highest BCUT2D eigenvalue weighted by Crippen LogP contribution is 1.98. The van der Waals surface area contributed by atoms with Gasteiger partial charge in [-0.3, -0.25) is 14.6 Å². The van der Waals surface area contributed by atoms with Crippen molar-refractivity contribution in [1.29, 1.82) is 0 Å². The van der Waals surface area contributed by atoms with E-state index in [2.05, 4.69) is 35.3 Å². The van der Waals surface area contributed by atoms with Crippen LogP contribution >= 0.6 is 8.73 Å². The number of hydrogen-bond donors (Lipinski definition) is 1. The molecule has 0 aromatic rings. The van der Waals surface area contributed by atoms with Crippen molar-refractivity contribution in [1.82, 2.24) is 9.99 Å². The van der Waals surface area contributed by atoms with Crippen LogP contribution in [0.5, 0.6) is 0 Å². The number of amidine groups is 1. The fourth-order valence-electron chi connectivity index (χ4n) is 1.19. The van der Waals surface area contributed by atoms with Gasteiger partial charge in [0.05, 0.1) is 28.9 Å². The van der Waals surface area contributed by atoms with Gasteiger partial charge in [-0.1, -0.05) is 0 Å². The van der Waals surface area contributed by atoms with Gasteiger partial charge >= 0.3 is 0 Å². The van der Waals surface area contributed by atoms with Crippen LogP contribution in [0, 0.1) is 0 Å². The summed E-state index contributed by atoms with van der Waals surface area (Å²) in [7, 11) is 5.12. The Bertz CT molecular complexity index is 167. The van der Waals surface area contributed by atoms with Gasteiger partial charge in [0.1, 0.15) is 0 Å². The van der Waals surface area contributed by atoms with E-state index in [1.54, 1.807) is 0 Å². The smallest absolute Gasteiger partial charge is 0.260 e. The van der Waals surface area contributed by atoms with E-state index in [4.69, 9.17) is 0 Å². The summed E-state index contributed by atoms with van der Waals surface area (Å²) in [5.74, 6) is 1.36.